The predicted molar refractivity (Wildman–Crippen MR) is 84.6 cm³/mol. The van der Waals surface area contributed by atoms with Crippen molar-refractivity contribution in [2.45, 2.75) is 46.6 Å². The van der Waals surface area contributed by atoms with Crippen molar-refractivity contribution in [2.75, 3.05) is 19.8 Å². The monoisotopic (exact) mass is 293 g/mol. The largest absolute Gasteiger partial charge is 0.493 e. The van der Waals surface area contributed by atoms with Crippen LogP contribution in [0, 0.1) is 13.8 Å². The highest BCUT2D eigenvalue weighted by molar-refractivity contribution is 5.76. The Bertz CT molecular complexity index is 437. The number of ether oxygens (including phenoxy) is 1. The van der Waals surface area contributed by atoms with Crippen molar-refractivity contribution in [3.63, 3.8) is 0 Å². The van der Waals surface area contributed by atoms with Gasteiger partial charge in [-0.2, -0.15) is 0 Å². The lowest BCUT2D eigenvalue weighted by Gasteiger charge is -2.26. The van der Waals surface area contributed by atoms with Crippen LogP contribution in [0.5, 0.6) is 5.75 Å². The lowest BCUT2D eigenvalue weighted by molar-refractivity contribution is -0.133. The zero-order valence-corrected chi connectivity index (χ0v) is 13.6. The summed E-state index contributed by atoms with van der Waals surface area (Å²) in [5.74, 6) is 0.884. The minimum absolute atomic E-state index is 0.0721. The molecule has 0 radical (unpaired) electrons. The molecule has 0 aliphatic carbocycles. The summed E-state index contributed by atoms with van der Waals surface area (Å²) in [7, 11) is 0. The van der Waals surface area contributed by atoms with Crippen LogP contribution in [0.15, 0.2) is 18.2 Å². The summed E-state index contributed by atoms with van der Waals surface area (Å²) in [6.07, 6.45) is 0.971. The Balaban J connectivity index is 2.47. The van der Waals surface area contributed by atoms with E-state index in [0.29, 0.717) is 26.0 Å². The number of aliphatic hydroxyl groups excluding tert-OH is 1. The van der Waals surface area contributed by atoms with E-state index in [1.54, 1.807) is 4.90 Å². The molecule has 4 nitrogen and oxygen atoms in total. The number of amides is 1. The van der Waals surface area contributed by atoms with Crippen molar-refractivity contribution < 1.29 is 14.6 Å². The summed E-state index contributed by atoms with van der Waals surface area (Å²) in [5.41, 5.74) is 2.31. The summed E-state index contributed by atoms with van der Waals surface area (Å²) in [6, 6.07) is 6.19. The van der Waals surface area contributed by atoms with E-state index in [0.717, 1.165) is 16.9 Å². The van der Waals surface area contributed by atoms with E-state index in [9.17, 15) is 4.79 Å². The molecule has 0 fully saturated rings. The summed E-state index contributed by atoms with van der Waals surface area (Å²) in [5, 5.41) is 8.89. The van der Waals surface area contributed by atoms with Crippen LogP contribution in [0.25, 0.3) is 0 Å². The van der Waals surface area contributed by atoms with Crippen LogP contribution < -0.4 is 4.74 Å². The summed E-state index contributed by atoms with van der Waals surface area (Å²) < 4.78 is 5.68. The van der Waals surface area contributed by atoms with Gasteiger partial charge >= 0.3 is 0 Å². The first-order valence-electron chi connectivity index (χ1n) is 7.55. The summed E-state index contributed by atoms with van der Waals surface area (Å²) in [6.45, 7) is 9.11. The molecule has 1 aromatic carbocycles. The normalized spacial score (nSPS) is 10.8. The molecular formula is C17H27NO3. The van der Waals surface area contributed by atoms with E-state index >= 15 is 0 Å². The average Bonchev–Trinajstić information content (AvgIpc) is 2.37. The van der Waals surface area contributed by atoms with Crippen LogP contribution in [0.4, 0.5) is 0 Å². The zero-order chi connectivity index (χ0) is 15.8. The number of benzene rings is 1. The molecule has 1 amide bonds. The topological polar surface area (TPSA) is 49.8 Å². The molecule has 1 aromatic rings. The van der Waals surface area contributed by atoms with Crippen molar-refractivity contribution in [3.05, 3.63) is 29.3 Å². The maximum atomic E-state index is 12.2. The van der Waals surface area contributed by atoms with E-state index in [2.05, 4.69) is 6.07 Å². The van der Waals surface area contributed by atoms with Crippen molar-refractivity contribution >= 4 is 5.91 Å². The van der Waals surface area contributed by atoms with E-state index in [-0.39, 0.29) is 18.6 Å². The van der Waals surface area contributed by atoms with Crippen LogP contribution in [0.3, 0.4) is 0 Å². The van der Waals surface area contributed by atoms with Crippen LogP contribution in [0.2, 0.25) is 0 Å². The van der Waals surface area contributed by atoms with E-state index in [1.165, 1.54) is 0 Å². The molecule has 0 aliphatic heterocycles. The van der Waals surface area contributed by atoms with Gasteiger partial charge in [-0.05, 0) is 57.4 Å². The fourth-order valence-electron chi connectivity index (χ4n) is 2.33. The molecule has 118 valence electrons. The van der Waals surface area contributed by atoms with Gasteiger partial charge in [0.25, 0.3) is 0 Å². The number of hydrogen-bond acceptors (Lipinski definition) is 3. The Labute approximate surface area is 127 Å². The van der Waals surface area contributed by atoms with Gasteiger partial charge in [-0.1, -0.05) is 6.07 Å². The minimum Gasteiger partial charge on any atom is -0.493 e. The second-order valence-electron chi connectivity index (χ2n) is 5.68. The number of carbonyl (C=O) groups excluding carboxylic acids is 1. The Kier molecular flexibility index (Phi) is 7.23. The molecule has 1 rings (SSSR count). The average molecular weight is 293 g/mol. The van der Waals surface area contributed by atoms with E-state index in [4.69, 9.17) is 9.84 Å². The standard InChI is InChI=1S/C17H27NO3/c1-13(2)18(7-5-8-19)17(20)6-9-21-16-11-14(3)10-15(4)12-16/h10-13,19H,5-9H2,1-4H3. The molecule has 4 heteroatoms. The smallest absolute Gasteiger partial charge is 0.226 e. The van der Waals surface area contributed by atoms with Gasteiger partial charge in [0.05, 0.1) is 13.0 Å². The van der Waals surface area contributed by atoms with Gasteiger partial charge in [0.2, 0.25) is 5.91 Å². The van der Waals surface area contributed by atoms with Gasteiger partial charge in [0.15, 0.2) is 0 Å². The van der Waals surface area contributed by atoms with Crippen molar-refractivity contribution in [3.8, 4) is 5.75 Å². The highest BCUT2D eigenvalue weighted by Gasteiger charge is 2.16. The lowest BCUT2D eigenvalue weighted by atomic mass is 10.1. The lowest BCUT2D eigenvalue weighted by Crippen LogP contribution is -2.38. The van der Waals surface area contributed by atoms with Crippen LogP contribution in [-0.2, 0) is 4.79 Å². The second kappa shape index (κ2) is 8.67. The van der Waals surface area contributed by atoms with Crippen LogP contribution in [-0.4, -0.2) is 41.7 Å². The number of rotatable bonds is 8. The van der Waals surface area contributed by atoms with Gasteiger partial charge < -0.3 is 14.7 Å². The number of aliphatic hydroxyl groups is 1. The number of carbonyl (C=O) groups is 1. The van der Waals surface area contributed by atoms with Gasteiger partial charge in [0.1, 0.15) is 5.75 Å². The molecule has 0 atom stereocenters. The first-order valence-corrected chi connectivity index (χ1v) is 7.55. The maximum Gasteiger partial charge on any atom is 0.226 e. The van der Waals surface area contributed by atoms with Crippen molar-refractivity contribution in [1.29, 1.82) is 0 Å². The summed E-state index contributed by atoms with van der Waals surface area (Å²) in [4.78, 5) is 14.0. The maximum absolute atomic E-state index is 12.2. The number of nitrogens with zero attached hydrogens (tertiary/aromatic N) is 1. The molecule has 0 unspecified atom stereocenters. The molecular weight excluding hydrogens is 266 g/mol. The summed E-state index contributed by atoms with van der Waals surface area (Å²) >= 11 is 0. The molecule has 0 bridgehead atoms. The molecule has 0 saturated heterocycles. The quantitative estimate of drug-likeness (QED) is 0.801. The fraction of sp³-hybridized carbons (Fsp3) is 0.588. The van der Waals surface area contributed by atoms with Crippen molar-refractivity contribution in [1.82, 2.24) is 4.90 Å². The minimum atomic E-state index is 0.0721. The fourth-order valence-corrected chi connectivity index (χ4v) is 2.33. The Morgan fingerprint density at radius 2 is 1.86 bits per heavy atom. The van der Waals surface area contributed by atoms with Crippen LogP contribution >= 0.6 is 0 Å². The van der Waals surface area contributed by atoms with Gasteiger partial charge in [0, 0.05) is 19.2 Å². The first-order chi connectivity index (χ1) is 9.93. The third-order valence-electron chi connectivity index (χ3n) is 3.28. The predicted octanol–water partition coefficient (Wildman–Crippen LogP) is 2.69. The molecule has 0 heterocycles. The Hall–Kier alpha value is -1.55. The van der Waals surface area contributed by atoms with Gasteiger partial charge in [-0.3, -0.25) is 4.79 Å². The number of aryl methyl sites for hydroxylation is 2. The Morgan fingerprint density at radius 1 is 1.24 bits per heavy atom. The first kappa shape index (κ1) is 17.5. The molecule has 0 aromatic heterocycles. The second-order valence-corrected chi connectivity index (χ2v) is 5.68. The molecule has 0 saturated carbocycles. The Morgan fingerprint density at radius 3 is 2.38 bits per heavy atom. The third-order valence-corrected chi connectivity index (χ3v) is 3.28. The molecule has 0 spiro atoms. The third kappa shape index (κ3) is 6.17. The molecule has 0 aliphatic rings. The highest BCUT2D eigenvalue weighted by atomic mass is 16.5. The van der Waals surface area contributed by atoms with E-state index in [1.807, 2.05) is 39.8 Å². The molecule has 1 N–H and O–H groups in total. The number of hydrogen-bond donors (Lipinski definition) is 1. The SMILES string of the molecule is Cc1cc(C)cc(OCCC(=O)N(CCCO)C(C)C)c1. The molecule has 21 heavy (non-hydrogen) atoms. The van der Waals surface area contributed by atoms with E-state index < -0.39 is 0 Å². The zero-order valence-electron chi connectivity index (χ0n) is 13.6. The van der Waals surface area contributed by atoms with Crippen molar-refractivity contribution in [2.24, 2.45) is 0 Å². The highest BCUT2D eigenvalue weighted by Crippen LogP contribution is 2.16. The van der Waals surface area contributed by atoms with Gasteiger partial charge in [-0.15, -0.1) is 0 Å². The van der Waals surface area contributed by atoms with Crippen LogP contribution in [0.1, 0.15) is 37.8 Å². The van der Waals surface area contributed by atoms with Gasteiger partial charge in [-0.25, -0.2) is 0 Å².